The first-order valence-corrected chi connectivity index (χ1v) is 3.80. The molecule has 0 aliphatic carbocycles. The summed E-state index contributed by atoms with van der Waals surface area (Å²) in [6.45, 7) is 0. The van der Waals surface area contributed by atoms with Crippen molar-refractivity contribution in [3.05, 3.63) is 42.2 Å². The maximum atomic E-state index is 12.5. The molecule has 66 valence electrons. The summed E-state index contributed by atoms with van der Waals surface area (Å²) in [5, 5.41) is 8.93. The molecule has 0 bridgehead atoms. The Labute approximate surface area is 74.2 Å². The third-order valence-electron chi connectivity index (χ3n) is 1.72. The molecule has 0 amide bonds. The highest BCUT2D eigenvalue weighted by molar-refractivity contribution is 5.57. The molecule has 2 rings (SSSR count). The summed E-state index contributed by atoms with van der Waals surface area (Å²) < 4.78 is 17.5. The first-order chi connectivity index (χ1) is 6.25. The van der Waals surface area contributed by atoms with E-state index in [0.29, 0.717) is 5.76 Å². The van der Waals surface area contributed by atoms with E-state index < -0.39 is 0 Å². The van der Waals surface area contributed by atoms with Crippen LogP contribution in [0.5, 0.6) is 5.95 Å². The minimum Gasteiger partial charge on any atom is -0.481 e. The van der Waals surface area contributed by atoms with Crippen LogP contribution in [0.4, 0.5) is 4.39 Å². The fourth-order valence-corrected chi connectivity index (χ4v) is 1.10. The van der Waals surface area contributed by atoms with Gasteiger partial charge >= 0.3 is 0 Å². The summed E-state index contributed by atoms with van der Waals surface area (Å²) in [6, 6.07) is 8.94. The summed E-state index contributed by atoms with van der Waals surface area (Å²) >= 11 is 0. The van der Waals surface area contributed by atoms with Crippen molar-refractivity contribution in [2.75, 3.05) is 0 Å². The van der Waals surface area contributed by atoms with Gasteiger partial charge in [-0.1, -0.05) is 0 Å². The monoisotopic (exact) mass is 178 g/mol. The maximum Gasteiger partial charge on any atom is 0.282 e. The number of hydrogen-bond acceptors (Lipinski definition) is 2. The zero-order valence-electron chi connectivity index (χ0n) is 6.70. The molecule has 1 N–H and O–H groups in total. The summed E-state index contributed by atoms with van der Waals surface area (Å²) in [7, 11) is 0. The molecule has 0 atom stereocenters. The maximum absolute atomic E-state index is 12.5. The second kappa shape index (κ2) is 2.94. The van der Waals surface area contributed by atoms with E-state index in [4.69, 9.17) is 9.52 Å². The van der Waals surface area contributed by atoms with Gasteiger partial charge in [-0.15, -0.1) is 0 Å². The van der Waals surface area contributed by atoms with Crippen LogP contribution in [0.2, 0.25) is 0 Å². The first kappa shape index (κ1) is 7.86. The van der Waals surface area contributed by atoms with Gasteiger partial charge in [-0.2, -0.15) is 0 Å². The number of benzene rings is 1. The lowest BCUT2D eigenvalue weighted by atomic mass is 10.2. The van der Waals surface area contributed by atoms with Gasteiger partial charge in [0.05, 0.1) is 0 Å². The van der Waals surface area contributed by atoms with Crippen LogP contribution in [0.3, 0.4) is 0 Å². The predicted molar refractivity (Wildman–Crippen MR) is 45.8 cm³/mol. The summed E-state index contributed by atoms with van der Waals surface area (Å²) in [5.74, 6) is 0.0938. The largest absolute Gasteiger partial charge is 0.481 e. The van der Waals surface area contributed by atoms with Crippen LogP contribution >= 0.6 is 0 Å². The van der Waals surface area contributed by atoms with Crippen molar-refractivity contribution in [2.45, 2.75) is 0 Å². The third kappa shape index (κ3) is 1.54. The molecule has 0 fully saturated rings. The van der Waals surface area contributed by atoms with Crippen LogP contribution in [0.15, 0.2) is 40.8 Å². The van der Waals surface area contributed by atoms with Crippen LogP contribution in [0.25, 0.3) is 11.3 Å². The molecule has 1 aromatic carbocycles. The lowest BCUT2D eigenvalue weighted by Crippen LogP contribution is -1.74. The first-order valence-electron chi connectivity index (χ1n) is 3.80. The normalized spacial score (nSPS) is 10.2. The van der Waals surface area contributed by atoms with Crippen LogP contribution in [-0.2, 0) is 0 Å². The van der Waals surface area contributed by atoms with E-state index in [1.807, 2.05) is 0 Å². The van der Waals surface area contributed by atoms with Crippen molar-refractivity contribution in [3.8, 4) is 17.3 Å². The molecule has 0 radical (unpaired) electrons. The van der Waals surface area contributed by atoms with E-state index in [-0.39, 0.29) is 11.8 Å². The summed E-state index contributed by atoms with van der Waals surface area (Å²) in [4.78, 5) is 0. The Morgan fingerprint density at radius 3 is 2.23 bits per heavy atom. The molecule has 0 spiro atoms. The van der Waals surface area contributed by atoms with Crippen LogP contribution in [0.1, 0.15) is 0 Å². The lowest BCUT2D eigenvalue weighted by molar-refractivity contribution is 0.338. The van der Waals surface area contributed by atoms with Crippen LogP contribution in [-0.4, -0.2) is 5.11 Å². The standard InChI is InChI=1S/C10H7FO2/c11-8-3-1-7(2-4-8)9-5-6-10(12)13-9/h1-6,12H. The van der Waals surface area contributed by atoms with Gasteiger partial charge in [-0.25, -0.2) is 4.39 Å². The fourth-order valence-electron chi connectivity index (χ4n) is 1.10. The van der Waals surface area contributed by atoms with Crippen LogP contribution in [0, 0.1) is 5.82 Å². The highest BCUT2D eigenvalue weighted by Crippen LogP contribution is 2.24. The van der Waals surface area contributed by atoms with Crippen LogP contribution < -0.4 is 0 Å². The second-order valence-corrected chi connectivity index (χ2v) is 2.64. The lowest BCUT2D eigenvalue weighted by Gasteiger charge is -1.94. The van der Waals surface area contributed by atoms with Gasteiger partial charge in [0.2, 0.25) is 0 Å². The fraction of sp³-hybridized carbons (Fsp3) is 0. The van der Waals surface area contributed by atoms with Crippen molar-refractivity contribution >= 4 is 0 Å². The highest BCUT2D eigenvalue weighted by Gasteiger charge is 2.02. The van der Waals surface area contributed by atoms with Crippen molar-refractivity contribution in [1.29, 1.82) is 0 Å². The Balaban J connectivity index is 2.41. The molecule has 0 unspecified atom stereocenters. The van der Waals surface area contributed by atoms with Gasteiger partial charge < -0.3 is 9.52 Å². The molecule has 2 aromatic rings. The number of rotatable bonds is 1. The smallest absolute Gasteiger partial charge is 0.282 e. The Hall–Kier alpha value is -1.77. The van der Waals surface area contributed by atoms with Gasteiger partial charge in [-0.3, -0.25) is 0 Å². The molecule has 0 aliphatic rings. The van der Waals surface area contributed by atoms with Gasteiger partial charge in [0, 0.05) is 11.6 Å². The van der Waals surface area contributed by atoms with Crippen molar-refractivity contribution < 1.29 is 13.9 Å². The molecule has 2 nitrogen and oxygen atoms in total. The Bertz CT molecular complexity index is 403. The highest BCUT2D eigenvalue weighted by atomic mass is 19.1. The average molecular weight is 178 g/mol. The van der Waals surface area contributed by atoms with Gasteiger partial charge in [0.1, 0.15) is 11.6 Å². The molecule has 1 aromatic heterocycles. The number of halogens is 1. The summed E-state index contributed by atoms with van der Waals surface area (Å²) in [5.41, 5.74) is 0.738. The third-order valence-corrected chi connectivity index (χ3v) is 1.72. The van der Waals surface area contributed by atoms with Gasteiger partial charge in [-0.05, 0) is 30.3 Å². The molecule has 0 saturated carbocycles. The van der Waals surface area contributed by atoms with E-state index in [9.17, 15) is 4.39 Å². The quantitative estimate of drug-likeness (QED) is 0.728. The second-order valence-electron chi connectivity index (χ2n) is 2.64. The zero-order valence-corrected chi connectivity index (χ0v) is 6.70. The van der Waals surface area contributed by atoms with Crippen molar-refractivity contribution in [3.63, 3.8) is 0 Å². The van der Waals surface area contributed by atoms with Crippen molar-refractivity contribution in [2.24, 2.45) is 0 Å². The molecule has 0 saturated heterocycles. The van der Waals surface area contributed by atoms with E-state index in [1.54, 1.807) is 18.2 Å². The molecular formula is C10H7FO2. The minimum atomic E-state index is -0.292. The number of hydrogen-bond donors (Lipinski definition) is 1. The number of aromatic hydroxyl groups is 1. The zero-order chi connectivity index (χ0) is 9.26. The average Bonchev–Trinajstić information content (AvgIpc) is 2.53. The Kier molecular flexibility index (Phi) is 1.77. The molecule has 13 heavy (non-hydrogen) atoms. The summed E-state index contributed by atoms with van der Waals surface area (Å²) in [6.07, 6.45) is 0. The molecular weight excluding hydrogens is 171 g/mol. The van der Waals surface area contributed by atoms with Gasteiger partial charge in [0.15, 0.2) is 0 Å². The molecule has 0 aliphatic heterocycles. The number of furan rings is 1. The topological polar surface area (TPSA) is 33.4 Å². The predicted octanol–water partition coefficient (Wildman–Crippen LogP) is 2.79. The molecule has 1 heterocycles. The SMILES string of the molecule is Oc1ccc(-c2ccc(F)cc2)o1. The van der Waals surface area contributed by atoms with E-state index in [2.05, 4.69) is 0 Å². The Morgan fingerprint density at radius 2 is 1.69 bits per heavy atom. The molecule has 3 heteroatoms. The van der Waals surface area contributed by atoms with Gasteiger partial charge in [0.25, 0.3) is 5.95 Å². The van der Waals surface area contributed by atoms with E-state index >= 15 is 0 Å². The Morgan fingerprint density at radius 1 is 1.00 bits per heavy atom. The van der Waals surface area contributed by atoms with Crippen molar-refractivity contribution in [1.82, 2.24) is 0 Å². The minimum absolute atomic E-state index is 0.140. The van der Waals surface area contributed by atoms with E-state index in [0.717, 1.165) is 5.56 Å². The van der Waals surface area contributed by atoms with E-state index in [1.165, 1.54) is 18.2 Å².